The lowest BCUT2D eigenvalue weighted by Crippen LogP contribution is -2.33. The number of benzene rings is 2. The fraction of sp³-hybridized carbons (Fsp3) is 0.179. The summed E-state index contributed by atoms with van der Waals surface area (Å²) < 4.78 is 20.8. The highest BCUT2D eigenvalue weighted by atomic mass is 32.1. The Kier molecular flexibility index (Phi) is 7.14. The number of rotatable bonds is 8. The van der Waals surface area contributed by atoms with Crippen LogP contribution in [0.4, 0.5) is 10.1 Å². The molecule has 37 heavy (non-hydrogen) atoms. The second kappa shape index (κ2) is 10.8. The molecule has 0 bridgehead atoms. The van der Waals surface area contributed by atoms with Crippen LogP contribution in [0.1, 0.15) is 29.9 Å². The Morgan fingerprint density at radius 3 is 2.70 bits per heavy atom. The summed E-state index contributed by atoms with van der Waals surface area (Å²) in [7, 11) is 1.64. The molecule has 2 N–H and O–H groups in total. The van der Waals surface area contributed by atoms with E-state index in [4.69, 9.17) is 17.0 Å². The van der Waals surface area contributed by atoms with Gasteiger partial charge in [0.1, 0.15) is 11.6 Å². The van der Waals surface area contributed by atoms with Crippen molar-refractivity contribution < 1.29 is 13.9 Å². The fourth-order valence-corrected chi connectivity index (χ4v) is 4.91. The molecular formula is C28H26FN5O2S. The minimum Gasteiger partial charge on any atom is -0.497 e. The molecule has 5 rings (SSSR count). The first-order chi connectivity index (χ1) is 18.0. The molecule has 9 heteroatoms. The van der Waals surface area contributed by atoms with Gasteiger partial charge in [0.05, 0.1) is 24.9 Å². The molecule has 0 spiro atoms. The van der Waals surface area contributed by atoms with Crippen LogP contribution in [0.25, 0.3) is 5.69 Å². The molecule has 188 valence electrons. The van der Waals surface area contributed by atoms with Crippen LogP contribution < -0.4 is 15.4 Å². The van der Waals surface area contributed by atoms with Gasteiger partial charge in [-0.15, -0.1) is 0 Å². The molecule has 1 saturated heterocycles. The highest BCUT2D eigenvalue weighted by molar-refractivity contribution is 7.80. The van der Waals surface area contributed by atoms with Crippen molar-refractivity contribution in [3.05, 3.63) is 108 Å². The standard InChI is InChI=1S/C28H26FN5O2S/c1-36-22-7-4-6-21(18-22)33-16-5-9-24(33)27-26(23-8-2-3-15-30-23)32-28(37)34(27)17-14-25(35)31-20-12-10-19(29)11-13-20/h2-13,15-16,18,26-27H,14,17H2,1H3,(H,31,35)(H,32,37). The summed E-state index contributed by atoms with van der Waals surface area (Å²) >= 11 is 5.75. The number of methoxy groups -OCH3 is 1. The van der Waals surface area contributed by atoms with E-state index in [-0.39, 0.29) is 30.2 Å². The molecule has 7 nitrogen and oxygen atoms in total. The van der Waals surface area contributed by atoms with Crippen molar-refractivity contribution in [1.82, 2.24) is 19.8 Å². The molecule has 0 radical (unpaired) electrons. The number of pyridine rings is 1. The largest absolute Gasteiger partial charge is 0.497 e. The molecular weight excluding hydrogens is 489 g/mol. The predicted octanol–water partition coefficient (Wildman–Crippen LogP) is 5.02. The monoisotopic (exact) mass is 515 g/mol. The van der Waals surface area contributed by atoms with E-state index in [0.29, 0.717) is 17.3 Å². The number of nitrogens with one attached hydrogen (secondary N) is 2. The molecule has 1 aliphatic rings. The van der Waals surface area contributed by atoms with E-state index in [1.54, 1.807) is 13.3 Å². The van der Waals surface area contributed by atoms with Gasteiger partial charge in [0, 0.05) is 48.5 Å². The maximum atomic E-state index is 13.2. The van der Waals surface area contributed by atoms with E-state index in [1.165, 1.54) is 24.3 Å². The van der Waals surface area contributed by atoms with Gasteiger partial charge < -0.3 is 24.8 Å². The van der Waals surface area contributed by atoms with E-state index in [9.17, 15) is 9.18 Å². The number of hydrogen-bond acceptors (Lipinski definition) is 4. The molecule has 3 heterocycles. The van der Waals surface area contributed by atoms with Crippen molar-refractivity contribution in [1.29, 1.82) is 0 Å². The molecule has 1 aliphatic heterocycles. The van der Waals surface area contributed by atoms with E-state index in [0.717, 1.165) is 22.8 Å². The third kappa shape index (κ3) is 5.31. The number of nitrogens with zero attached hydrogens (tertiary/aromatic N) is 3. The first-order valence-corrected chi connectivity index (χ1v) is 12.3. The fourth-order valence-electron chi connectivity index (χ4n) is 4.58. The number of anilines is 1. The smallest absolute Gasteiger partial charge is 0.226 e. The van der Waals surface area contributed by atoms with Crippen molar-refractivity contribution >= 4 is 28.9 Å². The molecule has 2 aromatic carbocycles. The third-order valence-electron chi connectivity index (χ3n) is 6.32. The van der Waals surface area contributed by atoms with Crippen molar-refractivity contribution in [3.63, 3.8) is 0 Å². The summed E-state index contributed by atoms with van der Waals surface area (Å²) in [6.45, 7) is 0.385. The van der Waals surface area contributed by atoms with E-state index in [1.807, 2.05) is 59.6 Å². The SMILES string of the molecule is COc1cccc(-n2cccc2C2C(c3ccccn3)NC(=S)N2CCC(=O)Nc2ccc(F)cc2)c1. The van der Waals surface area contributed by atoms with Gasteiger partial charge in [-0.25, -0.2) is 4.39 Å². The van der Waals surface area contributed by atoms with Crippen molar-refractivity contribution in [2.75, 3.05) is 19.0 Å². The Bertz CT molecular complexity index is 1390. The molecule has 0 aliphatic carbocycles. The van der Waals surface area contributed by atoms with E-state index < -0.39 is 0 Å². The average Bonchev–Trinajstić information content (AvgIpc) is 3.53. The van der Waals surface area contributed by atoms with Crippen LogP contribution >= 0.6 is 12.2 Å². The van der Waals surface area contributed by atoms with E-state index >= 15 is 0 Å². The lowest BCUT2D eigenvalue weighted by molar-refractivity contribution is -0.116. The van der Waals surface area contributed by atoms with Gasteiger partial charge in [0.2, 0.25) is 5.91 Å². The Labute approximate surface area is 219 Å². The number of amides is 1. The van der Waals surface area contributed by atoms with Crippen molar-refractivity contribution in [2.24, 2.45) is 0 Å². The van der Waals surface area contributed by atoms with Crippen LogP contribution in [0.15, 0.2) is 91.3 Å². The minimum absolute atomic E-state index is 0.183. The lowest BCUT2D eigenvalue weighted by atomic mass is 10.0. The van der Waals surface area contributed by atoms with Crippen LogP contribution in [0, 0.1) is 5.82 Å². The number of halogens is 1. The molecule has 1 fully saturated rings. The summed E-state index contributed by atoms with van der Waals surface area (Å²) in [5.41, 5.74) is 3.34. The van der Waals surface area contributed by atoms with Gasteiger partial charge in [-0.1, -0.05) is 12.1 Å². The summed E-state index contributed by atoms with van der Waals surface area (Å²) in [5.74, 6) is 0.222. The van der Waals surface area contributed by atoms with Crippen LogP contribution in [-0.4, -0.2) is 39.1 Å². The molecule has 2 atom stereocenters. The van der Waals surface area contributed by atoms with Crippen LogP contribution in [0.3, 0.4) is 0 Å². The number of carbonyl (C=O) groups excluding carboxylic acids is 1. The summed E-state index contributed by atoms with van der Waals surface area (Å²) in [6, 6.07) is 23.0. The maximum Gasteiger partial charge on any atom is 0.226 e. The average molecular weight is 516 g/mol. The Hall–Kier alpha value is -4.24. The van der Waals surface area contributed by atoms with Gasteiger partial charge >= 0.3 is 0 Å². The normalized spacial score (nSPS) is 16.9. The highest BCUT2D eigenvalue weighted by Gasteiger charge is 2.41. The van der Waals surface area contributed by atoms with Gasteiger partial charge in [-0.05, 0) is 72.9 Å². The molecule has 0 saturated carbocycles. The van der Waals surface area contributed by atoms with Crippen molar-refractivity contribution in [2.45, 2.75) is 18.5 Å². The second-order valence-electron chi connectivity index (χ2n) is 8.63. The summed E-state index contributed by atoms with van der Waals surface area (Å²) in [5, 5.41) is 6.80. The second-order valence-corrected chi connectivity index (χ2v) is 9.02. The van der Waals surface area contributed by atoms with Gasteiger partial charge in [0.15, 0.2) is 5.11 Å². The zero-order valence-electron chi connectivity index (χ0n) is 20.2. The topological polar surface area (TPSA) is 71.4 Å². The number of aromatic nitrogens is 2. The quantitative estimate of drug-likeness (QED) is 0.321. The molecule has 1 amide bonds. The first kappa shape index (κ1) is 24.5. The maximum absolute atomic E-state index is 13.2. The highest BCUT2D eigenvalue weighted by Crippen LogP contribution is 2.39. The first-order valence-electron chi connectivity index (χ1n) is 11.9. The number of hydrogen-bond donors (Lipinski definition) is 2. The van der Waals surface area contributed by atoms with Gasteiger partial charge in [-0.2, -0.15) is 0 Å². The Morgan fingerprint density at radius 2 is 1.95 bits per heavy atom. The molecule has 2 unspecified atom stereocenters. The van der Waals surface area contributed by atoms with Crippen LogP contribution in [-0.2, 0) is 4.79 Å². The van der Waals surface area contributed by atoms with Crippen LogP contribution in [0.5, 0.6) is 5.75 Å². The van der Waals surface area contributed by atoms with Crippen molar-refractivity contribution in [3.8, 4) is 11.4 Å². The number of carbonyl (C=O) groups is 1. The summed E-state index contributed by atoms with van der Waals surface area (Å²) in [6.07, 6.45) is 3.96. The third-order valence-corrected chi connectivity index (χ3v) is 6.67. The lowest BCUT2D eigenvalue weighted by Gasteiger charge is -2.29. The van der Waals surface area contributed by atoms with Gasteiger partial charge in [-0.3, -0.25) is 9.78 Å². The number of ether oxygens (including phenoxy) is 1. The molecule has 2 aromatic heterocycles. The minimum atomic E-state index is -0.353. The summed E-state index contributed by atoms with van der Waals surface area (Å²) in [4.78, 5) is 19.4. The number of thiocarbonyl (C=S) groups is 1. The predicted molar refractivity (Wildman–Crippen MR) is 144 cm³/mol. The Morgan fingerprint density at radius 1 is 1.11 bits per heavy atom. The van der Waals surface area contributed by atoms with E-state index in [2.05, 4.69) is 26.3 Å². The zero-order chi connectivity index (χ0) is 25.8. The van der Waals surface area contributed by atoms with Gasteiger partial charge in [0.25, 0.3) is 0 Å². The molecule has 4 aromatic rings. The Balaban J connectivity index is 1.44. The van der Waals surface area contributed by atoms with Crippen LogP contribution in [0.2, 0.25) is 0 Å². The zero-order valence-corrected chi connectivity index (χ0v) is 21.0.